The zero-order chi connectivity index (χ0) is 12.5. The van der Waals surface area contributed by atoms with Crippen molar-refractivity contribution in [2.75, 3.05) is 0 Å². The monoisotopic (exact) mass is 255 g/mol. The summed E-state index contributed by atoms with van der Waals surface area (Å²) in [7, 11) is 0.813. The Kier molecular flexibility index (Phi) is 2.76. The third kappa shape index (κ3) is 1.87. The van der Waals surface area contributed by atoms with E-state index in [1.165, 1.54) is 0 Å². The average molecular weight is 255 g/mol. The van der Waals surface area contributed by atoms with Crippen molar-refractivity contribution in [3.05, 3.63) is 60.9 Å². The quantitative estimate of drug-likeness (QED) is 0.688. The van der Waals surface area contributed by atoms with Gasteiger partial charge in [0.1, 0.15) is 0 Å². The maximum atomic E-state index is 12.6. The Labute approximate surface area is 108 Å². The third-order valence-electron chi connectivity index (χ3n) is 2.97. The average Bonchev–Trinajstić information content (AvgIpc) is 2.84. The molecule has 1 aromatic heterocycles. The van der Waals surface area contributed by atoms with Crippen LogP contribution in [0.5, 0.6) is 0 Å². The second-order valence-corrected chi connectivity index (χ2v) is 5.71. The van der Waals surface area contributed by atoms with Gasteiger partial charge in [-0.05, 0) is 22.9 Å². The van der Waals surface area contributed by atoms with Crippen LogP contribution in [0.15, 0.2) is 70.7 Å². The van der Waals surface area contributed by atoms with Crippen LogP contribution in [0.2, 0.25) is 0 Å². The first-order chi connectivity index (χ1) is 8.75. The fourth-order valence-corrected chi connectivity index (χ4v) is 3.36. The van der Waals surface area contributed by atoms with Crippen molar-refractivity contribution < 1.29 is 4.21 Å². The predicted octanol–water partition coefficient (Wildman–Crippen LogP) is 3.35. The Hall–Kier alpha value is -1.87. The summed E-state index contributed by atoms with van der Waals surface area (Å²) >= 11 is 0. The van der Waals surface area contributed by atoms with Gasteiger partial charge in [0, 0.05) is 19.4 Å². The van der Waals surface area contributed by atoms with E-state index in [0.29, 0.717) is 0 Å². The SMILES string of the molecule is Cn1ccc(S(=O)c2cccc3ccccc23)c1. The number of aromatic nitrogens is 1. The molecule has 0 radical (unpaired) electrons. The Morgan fingerprint density at radius 2 is 1.78 bits per heavy atom. The third-order valence-corrected chi connectivity index (χ3v) is 4.39. The van der Waals surface area contributed by atoms with E-state index in [4.69, 9.17) is 0 Å². The van der Waals surface area contributed by atoms with E-state index in [9.17, 15) is 4.21 Å². The molecule has 0 saturated carbocycles. The summed E-state index contributed by atoms with van der Waals surface area (Å²) in [6, 6.07) is 15.9. The van der Waals surface area contributed by atoms with E-state index >= 15 is 0 Å². The molecule has 2 nitrogen and oxygen atoms in total. The van der Waals surface area contributed by atoms with Crippen LogP contribution in [0.1, 0.15) is 0 Å². The summed E-state index contributed by atoms with van der Waals surface area (Å²) in [4.78, 5) is 1.72. The molecule has 3 aromatic rings. The van der Waals surface area contributed by atoms with Gasteiger partial charge in [-0.1, -0.05) is 36.4 Å². The molecule has 0 spiro atoms. The van der Waals surface area contributed by atoms with Crippen molar-refractivity contribution in [3.63, 3.8) is 0 Å². The molecule has 1 atom stereocenters. The summed E-state index contributed by atoms with van der Waals surface area (Å²) in [6.07, 6.45) is 3.82. The minimum atomic E-state index is -1.12. The standard InChI is InChI=1S/C15H13NOS/c1-16-10-9-13(11-16)18(17)15-8-4-6-12-5-2-3-7-14(12)15/h2-11H,1H3. The van der Waals surface area contributed by atoms with Crippen molar-refractivity contribution in [1.82, 2.24) is 4.57 Å². The van der Waals surface area contributed by atoms with Crippen molar-refractivity contribution in [3.8, 4) is 0 Å². The summed E-state index contributed by atoms with van der Waals surface area (Å²) in [6.45, 7) is 0. The first-order valence-electron chi connectivity index (χ1n) is 5.77. The van der Waals surface area contributed by atoms with E-state index in [1.807, 2.05) is 72.5 Å². The van der Waals surface area contributed by atoms with E-state index in [1.54, 1.807) is 0 Å². The number of aryl methyl sites for hydroxylation is 1. The maximum absolute atomic E-state index is 12.6. The minimum Gasteiger partial charge on any atom is -0.356 e. The molecule has 0 aliphatic rings. The van der Waals surface area contributed by atoms with E-state index in [0.717, 1.165) is 20.6 Å². The Balaban J connectivity index is 2.17. The lowest BCUT2D eigenvalue weighted by atomic mass is 10.1. The largest absolute Gasteiger partial charge is 0.356 e. The number of hydrogen-bond donors (Lipinski definition) is 0. The van der Waals surface area contributed by atoms with Gasteiger partial charge in [-0.2, -0.15) is 0 Å². The lowest BCUT2D eigenvalue weighted by molar-refractivity contribution is 0.683. The highest BCUT2D eigenvalue weighted by molar-refractivity contribution is 7.85. The van der Waals surface area contributed by atoms with Gasteiger partial charge < -0.3 is 4.57 Å². The van der Waals surface area contributed by atoms with Crippen molar-refractivity contribution in [2.24, 2.45) is 7.05 Å². The van der Waals surface area contributed by atoms with Crippen molar-refractivity contribution in [2.45, 2.75) is 9.79 Å². The van der Waals surface area contributed by atoms with E-state index < -0.39 is 10.8 Å². The topological polar surface area (TPSA) is 22.0 Å². The Morgan fingerprint density at radius 1 is 1.00 bits per heavy atom. The first kappa shape index (κ1) is 11.2. The molecule has 0 aliphatic carbocycles. The molecule has 1 unspecified atom stereocenters. The van der Waals surface area contributed by atoms with Crippen LogP contribution in [-0.4, -0.2) is 8.78 Å². The molecular weight excluding hydrogens is 242 g/mol. The van der Waals surface area contributed by atoms with Crippen LogP contribution in [0.3, 0.4) is 0 Å². The molecular formula is C15H13NOS. The molecule has 3 heteroatoms. The number of benzene rings is 2. The summed E-state index contributed by atoms with van der Waals surface area (Å²) in [5.74, 6) is 0. The molecule has 0 N–H and O–H groups in total. The highest BCUT2D eigenvalue weighted by Crippen LogP contribution is 2.25. The van der Waals surface area contributed by atoms with E-state index in [-0.39, 0.29) is 0 Å². The number of rotatable bonds is 2. The molecule has 3 rings (SSSR count). The molecule has 90 valence electrons. The van der Waals surface area contributed by atoms with Crippen LogP contribution in [-0.2, 0) is 17.8 Å². The normalized spacial score (nSPS) is 12.7. The molecule has 0 amide bonds. The summed E-state index contributed by atoms with van der Waals surface area (Å²) in [5, 5.41) is 2.18. The zero-order valence-corrected chi connectivity index (χ0v) is 10.9. The highest BCUT2D eigenvalue weighted by Gasteiger charge is 2.11. The summed E-state index contributed by atoms with van der Waals surface area (Å²) < 4.78 is 14.5. The fourth-order valence-electron chi connectivity index (χ4n) is 2.07. The Bertz CT molecular complexity index is 725. The van der Waals surface area contributed by atoms with Gasteiger partial charge in [0.2, 0.25) is 0 Å². The second-order valence-electron chi connectivity index (χ2n) is 4.26. The van der Waals surface area contributed by atoms with Gasteiger partial charge >= 0.3 is 0 Å². The fraction of sp³-hybridized carbons (Fsp3) is 0.0667. The molecule has 0 saturated heterocycles. The smallest absolute Gasteiger partial charge is 0.0871 e. The molecule has 0 aliphatic heterocycles. The maximum Gasteiger partial charge on any atom is 0.0871 e. The lowest BCUT2D eigenvalue weighted by Crippen LogP contribution is -1.92. The minimum absolute atomic E-state index is 0.842. The lowest BCUT2D eigenvalue weighted by Gasteiger charge is -2.05. The zero-order valence-electron chi connectivity index (χ0n) is 10.0. The Morgan fingerprint density at radius 3 is 2.56 bits per heavy atom. The van der Waals surface area contributed by atoms with E-state index in [2.05, 4.69) is 0 Å². The van der Waals surface area contributed by atoms with Gasteiger partial charge in [0.05, 0.1) is 20.6 Å². The highest BCUT2D eigenvalue weighted by atomic mass is 32.2. The number of hydrogen-bond acceptors (Lipinski definition) is 1. The molecule has 0 fully saturated rings. The number of nitrogens with zero attached hydrogens (tertiary/aromatic N) is 1. The van der Waals surface area contributed by atoms with Gasteiger partial charge in [-0.25, -0.2) is 4.21 Å². The summed E-state index contributed by atoms with van der Waals surface area (Å²) in [5.41, 5.74) is 0. The predicted molar refractivity (Wildman–Crippen MR) is 74.0 cm³/mol. The van der Waals surface area contributed by atoms with Crippen molar-refractivity contribution >= 4 is 21.6 Å². The molecule has 0 bridgehead atoms. The van der Waals surface area contributed by atoms with Crippen LogP contribution >= 0.6 is 0 Å². The molecule has 18 heavy (non-hydrogen) atoms. The first-order valence-corrected chi connectivity index (χ1v) is 6.92. The van der Waals surface area contributed by atoms with Crippen molar-refractivity contribution in [1.29, 1.82) is 0 Å². The van der Waals surface area contributed by atoms with Gasteiger partial charge in [0.25, 0.3) is 0 Å². The van der Waals surface area contributed by atoms with Gasteiger partial charge in [-0.3, -0.25) is 0 Å². The van der Waals surface area contributed by atoms with Gasteiger partial charge in [0.15, 0.2) is 0 Å². The van der Waals surface area contributed by atoms with Crippen LogP contribution in [0.4, 0.5) is 0 Å². The molecule has 1 heterocycles. The van der Waals surface area contributed by atoms with Crippen LogP contribution in [0.25, 0.3) is 10.8 Å². The second kappa shape index (κ2) is 4.42. The van der Waals surface area contributed by atoms with Crippen LogP contribution in [0, 0.1) is 0 Å². The number of fused-ring (bicyclic) bond motifs is 1. The van der Waals surface area contributed by atoms with Gasteiger partial charge in [-0.15, -0.1) is 0 Å². The molecule has 2 aromatic carbocycles. The van der Waals surface area contributed by atoms with Crippen LogP contribution < -0.4 is 0 Å².